The van der Waals surface area contributed by atoms with Crippen molar-refractivity contribution in [3.8, 4) is 5.75 Å². The molecule has 158 valence electrons. The van der Waals surface area contributed by atoms with Gasteiger partial charge in [-0.15, -0.1) is 0 Å². The summed E-state index contributed by atoms with van der Waals surface area (Å²) >= 11 is 0. The molecule has 0 bridgehead atoms. The number of allylic oxidation sites excluding steroid dienone is 3. The predicted octanol–water partition coefficient (Wildman–Crippen LogP) is 2.74. The van der Waals surface area contributed by atoms with Crippen molar-refractivity contribution in [3.05, 3.63) is 54.3 Å². The highest BCUT2D eigenvalue weighted by Crippen LogP contribution is 2.17. The van der Waals surface area contributed by atoms with Gasteiger partial charge in [-0.05, 0) is 63.4 Å². The first-order chi connectivity index (χ1) is 14.1. The van der Waals surface area contributed by atoms with Gasteiger partial charge in [0.15, 0.2) is 0 Å². The van der Waals surface area contributed by atoms with Crippen LogP contribution in [-0.4, -0.2) is 37.5 Å². The molecular weight excluding hydrogens is 364 g/mol. The van der Waals surface area contributed by atoms with E-state index in [4.69, 9.17) is 10.5 Å². The summed E-state index contributed by atoms with van der Waals surface area (Å²) in [6, 6.07) is 10.2. The third-order valence-corrected chi connectivity index (χ3v) is 4.52. The predicted molar refractivity (Wildman–Crippen MR) is 121 cm³/mol. The molecule has 7 heteroatoms. The molecule has 0 aromatic heterocycles. The molecule has 3 atom stereocenters. The molecule has 0 saturated carbocycles. The van der Waals surface area contributed by atoms with Gasteiger partial charge in [0.25, 0.3) is 0 Å². The molecule has 1 heterocycles. The van der Waals surface area contributed by atoms with Crippen LogP contribution in [0.15, 0.2) is 64.3 Å². The van der Waals surface area contributed by atoms with Crippen molar-refractivity contribution in [1.82, 2.24) is 16.2 Å². The molecule has 1 aliphatic rings. The third-order valence-electron chi connectivity index (χ3n) is 4.52. The first-order valence-corrected chi connectivity index (χ1v) is 10.2. The molecule has 1 aromatic carbocycles. The largest absolute Gasteiger partial charge is 0.458 e. The van der Waals surface area contributed by atoms with Gasteiger partial charge in [0.05, 0.1) is 5.84 Å². The van der Waals surface area contributed by atoms with Crippen molar-refractivity contribution in [3.63, 3.8) is 0 Å². The second kappa shape index (κ2) is 12.9. The number of rotatable bonds is 11. The molecule has 0 aliphatic carbocycles. The fraction of sp³-hybridized carbons (Fsp3) is 0.455. The van der Waals surface area contributed by atoms with Gasteiger partial charge in [0.2, 0.25) is 0 Å². The van der Waals surface area contributed by atoms with Gasteiger partial charge in [-0.3, -0.25) is 10.4 Å². The van der Waals surface area contributed by atoms with Gasteiger partial charge in [0.1, 0.15) is 24.0 Å². The van der Waals surface area contributed by atoms with E-state index in [0.29, 0.717) is 11.9 Å². The smallest absolute Gasteiger partial charge is 0.127 e. The zero-order valence-corrected chi connectivity index (χ0v) is 17.6. The van der Waals surface area contributed by atoms with E-state index in [9.17, 15) is 0 Å². The van der Waals surface area contributed by atoms with Crippen LogP contribution in [0.2, 0.25) is 0 Å². The molecule has 2 rings (SSSR count). The molecule has 1 aromatic rings. The number of aliphatic imine (C=N–C) groups is 2. The molecule has 5 N–H and O–H groups in total. The minimum Gasteiger partial charge on any atom is -0.458 e. The van der Waals surface area contributed by atoms with Gasteiger partial charge < -0.3 is 15.8 Å². The van der Waals surface area contributed by atoms with Gasteiger partial charge in [-0.25, -0.2) is 10.4 Å². The van der Waals surface area contributed by atoms with Crippen LogP contribution in [0.3, 0.4) is 0 Å². The van der Waals surface area contributed by atoms with Crippen LogP contribution in [0, 0.1) is 5.92 Å². The molecule has 0 radical (unpaired) electrons. The molecule has 0 amide bonds. The first kappa shape index (κ1) is 22.8. The van der Waals surface area contributed by atoms with E-state index >= 15 is 0 Å². The first-order valence-electron chi connectivity index (χ1n) is 10.2. The van der Waals surface area contributed by atoms with E-state index < -0.39 is 0 Å². The Morgan fingerprint density at radius 2 is 2.17 bits per heavy atom. The number of hydrogen-bond donors (Lipinski definition) is 4. The Labute approximate surface area is 174 Å². The maximum Gasteiger partial charge on any atom is 0.127 e. The van der Waals surface area contributed by atoms with Crippen LogP contribution >= 0.6 is 0 Å². The summed E-state index contributed by atoms with van der Waals surface area (Å²) in [5, 5.41) is 3.35. The Hall–Kier alpha value is -2.48. The van der Waals surface area contributed by atoms with E-state index in [1.807, 2.05) is 49.4 Å². The minimum atomic E-state index is -0.140. The number of nitrogens with zero attached hydrogens (tertiary/aromatic N) is 2. The molecule has 0 spiro atoms. The minimum absolute atomic E-state index is 0.140. The maximum absolute atomic E-state index is 5.99. The highest BCUT2D eigenvalue weighted by atomic mass is 16.5. The van der Waals surface area contributed by atoms with Crippen molar-refractivity contribution in [2.75, 3.05) is 13.1 Å². The average molecular weight is 399 g/mol. The van der Waals surface area contributed by atoms with E-state index in [2.05, 4.69) is 39.2 Å². The van der Waals surface area contributed by atoms with Crippen molar-refractivity contribution in [1.29, 1.82) is 0 Å². The van der Waals surface area contributed by atoms with Gasteiger partial charge in [-0.2, -0.15) is 0 Å². The summed E-state index contributed by atoms with van der Waals surface area (Å²) in [5.41, 5.74) is 12.4. The second-order valence-corrected chi connectivity index (χ2v) is 7.19. The summed E-state index contributed by atoms with van der Waals surface area (Å²) in [4.78, 5) is 8.64. The van der Waals surface area contributed by atoms with Crippen LogP contribution in [0.25, 0.3) is 0 Å². The highest BCUT2D eigenvalue weighted by molar-refractivity contribution is 5.85. The van der Waals surface area contributed by atoms with Crippen LogP contribution in [0.1, 0.15) is 33.6 Å². The number of nitrogens with one attached hydrogen (secondary N) is 3. The van der Waals surface area contributed by atoms with Gasteiger partial charge in [0, 0.05) is 12.6 Å². The summed E-state index contributed by atoms with van der Waals surface area (Å²) in [6.45, 7) is 7.86. The van der Waals surface area contributed by atoms with Crippen LogP contribution in [0.5, 0.6) is 5.75 Å². The Morgan fingerprint density at radius 1 is 1.38 bits per heavy atom. The fourth-order valence-electron chi connectivity index (χ4n) is 2.87. The number of amidine groups is 1. The van der Waals surface area contributed by atoms with Gasteiger partial charge >= 0.3 is 0 Å². The second-order valence-electron chi connectivity index (χ2n) is 7.19. The normalized spacial score (nSPS) is 20.4. The zero-order valence-electron chi connectivity index (χ0n) is 17.6. The van der Waals surface area contributed by atoms with E-state index in [1.165, 1.54) is 6.34 Å². The Bertz CT molecular complexity index is 703. The molecule has 1 unspecified atom stereocenters. The van der Waals surface area contributed by atoms with Crippen molar-refractivity contribution in [2.24, 2.45) is 21.6 Å². The van der Waals surface area contributed by atoms with Crippen molar-refractivity contribution in [2.45, 2.75) is 45.8 Å². The molecule has 1 saturated heterocycles. The SMILES string of the molecule is C/C=C\C(=C/CC(C)[C@H](/N=C\N=C(/C)N)NN[C@@H]1CCNC1)Oc1ccccc1. The molecular formula is C22H34N6O. The number of hydrogen-bond acceptors (Lipinski definition) is 5. The lowest BCUT2D eigenvalue weighted by molar-refractivity contribution is 0.316. The molecule has 7 nitrogen and oxygen atoms in total. The average Bonchev–Trinajstić information content (AvgIpc) is 3.23. The topological polar surface area (TPSA) is 96.1 Å². The number of nitrogens with two attached hydrogens (primary N) is 1. The molecule has 29 heavy (non-hydrogen) atoms. The van der Waals surface area contributed by atoms with Crippen LogP contribution in [-0.2, 0) is 0 Å². The third kappa shape index (κ3) is 9.04. The van der Waals surface area contributed by atoms with Crippen molar-refractivity contribution < 1.29 is 4.74 Å². The summed E-state index contributed by atoms with van der Waals surface area (Å²) in [7, 11) is 0. The quantitative estimate of drug-likeness (QED) is 0.151. The Morgan fingerprint density at radius 3 is 2.83 bits per heavy atom. The number of hydrazine groups is 1. The fourth-order valence-corrected chi connectivity index (χ4v) is 2.87. The lowest BCUT2D eigenvalue weighted by atomic mass is 10.0. The zero-order chi connectivity index (χ0) is 20.9. The lowest BCUT2D eigenvalue weighted by Crippen LogP contribution is -2.49. The van der Waals surface area contributed by atoms with E-state index in [1.54, 1.807) is 6.92 Å². The summed E-state index contributed by atoms with van der Waals surface area (Å²) < 4.78 is 5.99. The Kier molecular flexibility index (Phi) is 10.1. The number of ether oxygens (including phenoxy) is 1. The summed E-state index contributed by atoms with van der Waals surface area (Å²) in [5.74, 6) is 2.33. The van der Waals surface area contributed by atoms with E-state index in [-0.39, 0.29) is 12.1 Å². The maximum atomic E-state index is 5.99. The van der Waals surface area contributed by atoms with E-state index in [0.717, 1.165) is 37.4 Å². The lowest BCUT2D eigenvalue weighted by Gasteiger charge is -2.23. The van der Waals surface area contributed by atoms with Crippen LogP contribution < -0.4 is 26.6 Å². The summed E-state index contributed by atoms with van der Waals surface area (Å²) in [6.07, 6.45) is 9.30. The monoisotopic (exact) mass is 398 g/mol. The molecule has 1 aliphatic heterocycles. The number of para-hydroxylation sites is 1. The van der Waals surface area contributed by atoms with Gasteiger partial charge in [-0.1, -0.05) is 31.2 Å². The molecule has 1 fully saturated rings. The standard InChI is InChI=1S/C22H34N6O/c1-4-8-20(29-21-9-6-5-7-10-21)12-11-17(2)22(26-16-25-18(3)23)28-27-19-13-14-24-15-19/h4-10,12,16-17,19,22,24,27-28H,11,13-15H2,1-3H3,(H2,23,25,26)/b8-4-,20-12+/t17?,19-,22-/m1/s1. The van der Waals surface area contributed by atoms with Crippen LogP contribution in [0.4, 0.5) is 0 Å². The van der Waals surface area contributed by atoms with Crippen molar-refractivity contribution >= 4 is 12.2 Å². The number of benzene rings is 1. The Balaban J connectivity index is 2.01. The highest BCUT2D eigenvalue weighted by Gasteiger charge is 2.19.